The average Bonchev–Trinajstić information content (AvgIpc) is 3.04. The summed E-state index contributed by atoms with van der Waals surface area (Å²) in [4.78, 5) is 12.5. The molecule has 0 radical (unpaired) electrons. The molecule has 0 aliphatic rings. The summed E-state index contributed by atoms with van der Waals surface area (Å²) in [6.07, 6.45) is 1.67. The SMILES string of the molecule is CCN(CC)S(=O)(=O)c1ccc(OC)c(NCCn2nc3ccccn3c2=O)c1. The molecule has 0 aliphatic carbocycles. The molecule has 0 amide bonds. The van der Waals surface area contributed by atoms with Gasteiger partial charge < -0.3 is 10.1 Å². The zero-order chi connectivity index (χ0) is 21.0. The lowest BCUT2D eigenvalue weighted by Gasteiger charge is -2.20. The quantitative estimate of drug-likeness (QED) is 0.566. The van der Waals surface area contributed by atoms with E-state index in [9.17, 15) is 13.2 Å². The second-order valence-corrected chi connectivity index (χ2v) is 8.25. The number of nitrogens with one attached hydrogen (secondary N) is 1. The molecule has 1 N–H and O–H groups in total. The van der Waals surface area contributed by atoms with Gasteiger partial charge in [0, 0.05) is 25.8 Å². The molecule has 2 heterocycles. The van der Waals surface area contributed by atoms with Crippen LogP contribution in [0.4, 0.5) is 5.69 Å². The van der Waals surface area contributed by atoms with E-state index in [1.165, 1.54) is 26.6 Å². The highest BCUT2D eigenvalue weighted by atomic mass is 32.2. The minimum atomic E-state index is -3.58. The number of nitrogens with zero attached hydrogens (tertiary/aromatic N) is 4. The van der Waals surface area contributed by atoms with Crippen molar-refractivity contribution < 1.29 is 13.2 Å². The van der Waals surface area contributed by atoms with Crippen LogP contribution in [0.25, 0.3) is 5.65 Å². The summed E-state index contributed by atoms with van der Waals surface area (Å²) < 4.78 is 35.1. The molecule has 0 saturated carbocycles. The molecule has 9 nitrogen and oxygen atoms in total. The highest BCUT2D eigenvalue weighted by Crippen LogP contribution is 2.28. The van der Waals surface area contributed by atoms with Gasteiger partial charge in [-0.3, -0.25) is 4.40 Å². The molecule has 0 spiro atoms. The Morgan fingerprint density at radius 1 is 1.17 bits per heavy atom. The summed E-state index contributed by atoms with van der Waals surface area (Å²) in [7, 11) is -2.06. The van der Waals surface area contributed by atoms with E-state index < -0.39 is 10.0 Å². The maximum Gasteiger partial charge on any atom is 0.350 e. The molecule has 2 aromatic heterocycles. The number of fused-ring (bicyclic) bond motifs is 1. The number of methoxy groups -OCH3 is 1. The first kappa shape index (κ1) is 20.9. The molecule has 1 aromatic carbocycles. The van der Waals surface area contributed by atoms with Crippen molar-refractivity contribution in [3.8, 4) is 5.75 Å². The number of ether oxygens (including phenoxy) is 1. The predicted octanol–water partition coefficient (Wildman–Crippen LogP) is 1.65. The third-order valence-corrected chi connectivity index (χ3v) is 6.69. The van der Waals surface area contributed by atoms with Gasteiger partial charge in [0.15, 0.2) is 5.65 Å². The summed E-state index contributed by atoms with van der Waals surface area (Å²) in [5.74, 6) is 0.519. The first-order chi connectivity index (χ1) is 13.9. The van der Waals surface area contributed by atoms with Gasteiger partial charge >= 0.3 is 5.69 Å². The number of pyridine rings is 1. The maximum absolute atomic E-state index is 12.8. The zero-order valence-corrected chi connectivity index (χ0v) is 17.5. The Bertz CT molecular complexity index is 1150. The molecule has 3 aromatic rings. The maximum atomic E-state index is 12.8. The van der Waals surface area contributed by atoms with Crippen LogP contribution in [0.15, 0.2) is 52.3 Å². The largest absolute Gasteiger partial charge is 0.495 e. The second-order valence-electron chi connectivity index (χ2n) is 6.31. The number of hydrogen-bond acceptors (Lipinski definition) is 6. The normalized spacial score (nSPS) is 11.9. The third kappa shape index (κ3) is 4.13. The molecule has 0 fully saturated rings. The van der Waals surface area contributed by atoms with Crippen molar-refractivity contribution in [2.45, 2.75) is 25.3 Å². The van der Waals surface area contributed by atoms with Gasteiger partial charge in [0.05, 0.1) is 24.2 Å². The lowest BCUT2D eigenvalue weighted by molar-refractivity contribution is 0.415. The molecule has 0 aliphatic heterocycles. The molecule has 3 rings (SSSR count). The fourth-order valence-electron chi connectivity index (χ4n) is 3.11. The van der Waals surface area contributed by atoms with Gasteiger partial charge in [-0.05, 0) is 30.3 Å². The standard InChI is InChI=1S/C19H25N5O4S/c1-4-22(5-2)29(26,27)15-9-10-17(28-3)16(14-15)20-11-13-24-19(25)23-12-7-6-8-18(23)21-24/h6-10,12,14,20H,4-5,11,13H2,1-3H3. The van der Waals surface area contributed by atoms with Crippen molar-refractivity contribution >= 4 is 21.4 Å². The number of aromatic nitrogens is 3. The third-order valence-electron chi connectivity index (χ3n) is 4.64. The molecule has 29 heavy (non-hydrogen) atoms. The Morgan fingerprint density at radius 2 is 1.93 bits per heavy atom. The van der Waals surface area contributed by atoms with Crippen LogP contribution in [-0.2, 0) is 16.6 Å². The molecule has 0 atom stereocenters. The van der Waals surface area contributed by atoms with E-state index >= 15 is 0 Å². The van der Waals surface area contributed by atoms with Gasteiger partial charge in [0.1, 0.15) is 5.75 Å². The fraction of sp³-hybridized carbons (Fsp3) is 0.368. The molecular formula is C19H25N5O4S. The fourth-order valence-corrected chi connectivity index (χ4v) is 4.59. The summed E-state index contributed by atoms with van der Waals surface area (Å²) in [6, 6.07) is 10.1. The number of anilines is 1. The van der Waals surface area contributed by atoms with Gasteiger partial charge in [-0.2, -0.15) is 4.31 Å². The van der Waals surface area contributed by atoms with Crippen LogP contribution in [0, 0.1) is 0 Å². The van der Waals surface area contributed by atoms with Crippen molar-refractivity contribution in [3.63, 3.8) is 0 Å². The van der Waals surface area contributed by atoms with Gasteiger partial charge in [0.25, 0.3) is 0 Å². The Balaban J connectivity index is 1.81. The van der Waals surface area contributed by atoms with Crippen LogP contribution in [0.5, 0.6) is 5.75 Å². The van der Waals surface area contributed by atoms with E-state index in [-0.39, 0.29) is 10.6 Å². The summed E-state index contributed by atoms with van der Waals surface area (Å²) in [6.45, 7) is 5.08. The van der Waals surface area contributed by atoms with Gasteiger partial charge in [0.2, 0.25) is 10.0 Å². The van der Waals surface area contributed by atoms with Gasteiger partial charge in [-0.15, -0.1) is 5.10 Å². The van der Waals surface area contributed by atoms with Crippen LogP contribution < -0.4 is 15.7 Å². The Morgan fingerprint density at radius 3 is 2.59 bits per heavy atom. The monoisotopic (exact) mass is 419 g/mol. The molecule has 156 valence electrons. The first-order valence-corrected chi connectivity index (χ1v) is 10.8. The smallest absolute Gasteiger partial charge is 0.350 e. The van der Waals surface area contributed by atoms with Crippen LogP contribution in [0.3, 0.4) is 0 Å². The van der Waals surface area contributed by atoms with Crippen LogP contribution in [-0.4, -0.2) is 53.6 Å². The van der Waals surface area contributed by atoms with Crippen LogP contribution in [0.2, 0.25) is 0 Å². The number of sulfonamides is 1. The first-order valence-electron chi connectivity index (χ1n) is 9.38. The van der Waals surface area contributed by atoms with E-state index in [1.807, 2.05) is 6.07 Å². The van der Waals surface area contributed by atoms with E-state index in [1.54, 1.807) is 44.3 Å². The molecule has 10 heteroatoms. The summed E-state index contributed by atoms with van der Waals surface area (Å²) in [5, 5.41) is 7.44. The molecule has 0 saturated heterocycles. The number of rotatable bonds is 9. The molecule has 0 bridgehead atoms. The predicted molar refractivity (Wildman–Crippen MR) is 111 cm³/mol. The van der Waals surface area contributed by atoms with E-state index in [4.69, 9.17) is 4.74 Å². The summed E-state index contributed by atoms with van der Waals surface area (Å²) in [5.41, 5.74) is 0.882. The zero-order valence-electron chi connectivity index (χ0n) is 16.7. The molecule has 0 unspecified atom stereocenters. The summed E-state index contributed by atoms with van der Waals surface area (Å²) >= 11 is 0. The van der Waals surface area contributed by atoms with Crippen molar-refractivity contribution in [1.82, 2.24) is 18.5 Å². The highest BCUT2D eigenvalue weighted by Gasteiger charge is 2.22. The lowest BCUT2D eigenvalue weighted by atomic mass is 10.3. The van der Waals surface area contributed by atoms with E-state index in [2.05, 4.69) is 10.4 Å². The highest BCUT2D eigenvalue weighted by molar-refractivity contribution is 7.89. The molecular weight excluding hydrogens is 394 g/mol. The number of benzene rings is 1. The minimum absolute atomic E-state index is 0.189. The van der Waals surface area contributed by atoms with Gasteiger partial charge in [-0.25, -0.2) is 17.9 Å². The van der Waals surface area contributed by atoms with Crippen LogP contribution >= 0.6 is 0 Å². The Hall–Kier alpha value is -2.85. The average molecular weight is 420 g/mol. The number of hydrogen-bond donors (Lipinski definition) is 1. The van der Waals surface area contributed by atoms with Crippen molar-refractivity contribution in [2.75, 3.05) is 32.1 Å². The van der Waals surface area contributed by atoms with E-state index in [0.29, 0.717) is 43.3 Å². The van der Waals surface area contributed by atoms with Crippen molar-refractivity contribution in [1.29, 1.82) is 0 Å². The Kier molecular flexibility index (Phi) is 6.23. The van der Waals surface area contributed by atoms with Crippen molar-refractivity contribution in [3.05, 3.63) is 53.1 Å². The lowest BCUT2D eigenvalue weighted by Crippen LogP contribution is -2.30. The minimum Gasteiger partial charge on any atom is -0.495 e. The Labute approximate surface area is 169 Å². The van der Waals surface area contributed by atoms with Gasteiger partial charge in [-0.1, -0.05) is 19.9 Å². The topological polar surface area (TPSA) is 97.9 Å². The van der Waals surface area contributed by atoms with E-state index in [0.717, 1.165) is 0 Å². The van der Waals surface area contributed by atoms with Crippen molar-refractivity contribution in [2.24, 2.45) is 0 Å². The second kappa shape index (κ2) is 8.66. The van der Waals surface area contributed by atoms with Crippen LogP contribution in [0.1, 0.15) is 13.8 Å².